The number of para-hydroxylation sites is 1. The number of fused-ring (bicyclic) bond motifs is 1. The van der Waals surface area contributed by atoms with Crippen LogP contribution in [0, 0.1) is 0 Å². The molecule has 0 fully saturated rings. The molecule has 7 heteroatoms. The fourth-order valence-corrected chi connectivity index (χ4v) is 4.73. The van der Waals surface area contributed by atoms with Crippen molar-refractivity contribution in [2.24, 2.45) is 0 Å². The van der Waals surface area contributed by atoms with Crippen LogP contribution in [-0.2, 0) is 13.0 Å². The SMILES string of the molecule is O=C(CSc1nc2ccccc2c(=O)n1CCc1cccs1)c1ccc(Cl)cc1. The maximum atomic E-state index is 13.1. The molecule has 0 radical (unpaired) electrons. The Balaban J connectivity index is 1.62. The Kier molecular flexibility index (Phi) is 6.13. The molecule has 0 N–H and O–H groups in total. The number of nitrogens with zero attached hydrogens (tertiary/aromatic N) is 2. The second-order valence-electron chi connectivity index (χ2n) is 6.42. The molecule has 0 spiro atoms. The van der Waals surface area contributed by atoms with E-state index in [2.05, 4.69) is 11.1 Å². The van der Waals surface area contributed by atoms with Crippen LogP contribution in [0.25, 0.3) is 10.9 Å². The van der Waals surface area contributed by atoms with E-state index in [1.807, 2.05) is 29.6 Å². The molecule has 0 saturated carbocycles. The van der Waals surface area contributed by atoms with E-state index in [4.69, 9.17) is 11.6 Å². The molecule has 0 aliphatic rings. The molecule has 29 heavy (non-hydrogen) atoms. The van der Waals surface area contributed by atoms with Gasteiger partial charge in [-0.3, -0.25) is 14.2 Å². The van der Waals surface area contributed by atoms with Crippen LogP contribution in [0.1, 0.15) is 15.2 Å². The van der Waals surface area contributed by atoms with Gasteiger partial charge in [0, 0.05) is 22.0 Å². The highest BCUT2D eigenvalue weighted by Crippen LogP contribution is 2.21. The van der Waals surface area contributed by atoms with Crippen LogP contribution in [0.3, 0.4) is 0 Å². The van der Waals surface area contributed by atoms with E-state index in [9.17, 15) is 9.59 Å². The first-order valence-corrected chi connectivity index (χ1v) is 11.3. The lowest BCUT2D eigenvalue weighted by Gasteiger charge is -2.12. The van der Waals surface area contributed by atoms with Crippen LogP contribution in [0.2, 0.25) is 5.02 Å². The molecule has 2 aromatic carbocycles. The lowest BCUT2D eigenvalue weighted by molar-refractivity contribution is 0.102. The quantitative estimate of drug-likeness (QED) is 0.221. The molecule has 0 aliphatic heterocycles. The minimum absolute atomic E-state index is 0.0288. The molecule has 0 atom stereocenters. The topological polar surface area (TPSA) is 52.0 Å². The van der Waals surface area contributed by atoms with Crippen molar-refractivity contribution in [1.29, 1.82) is 0 Å². The van der Waals surface area contributed by atoms with E-state index in [-0.39, 0.29) is 17.1 Å². The largest absolute Gasteiger partial charge is 0.293 e. The van der Waals surface area contributed by atoms with Crippen molar-refractivity contribution < 1.29 is 4.79 Å². The average molecular weight is 441 g/mol. The monoisotopic (exact) mass is 440 g/mol. The van der Waals surface area contributed by atoms with Crippen molar-refractivity contribution in [2.75, 3.05) is 5.75 Å². The molecule has 4 nitrogen and oxygen atoms in total. The zero-order valence-electron chi connectivity index (χ0n) is 15.4. The first kappa shape index (κ1) is 19.9. The van der Waals surface area contributed by atoms with Gasteiger partial charge in [0.05, 0.1) is 16.7 Å². The number of carbonyl (C=O) groups is 1. The number of hydrogen-bond donors (Lipinski definition) is 0. The molecule has 4 rings (SSSR count). The number of carbonyl (C=O) groups excluding carboxylic acids is 1. The van der Waals surface area contributed by atoms with E-state index in [1.165, 1.54) is 16.6 Å². The van der Waals surface area contributed by atoms with Gasteiger partial charge in [-0.15, -0.1) is 11.3 Å². The van der Waals surface area contributed by atoms with Crippen LogP contribution in [0.5, 0.6) is 0 Å². The normalized spacial score (nSPS) is 11.1. The van der Waals surface area contributed by atoms with Gasteiger partial charge in [-0.25, -0.2) is 4.98 Å². The molecular formula is C22H17ClN2O2S2. The molecule has 0 aliphatic carbocycles. The number of benzene rings is 2. The van der Waals surface area contributed by atoms with Crippen LogP contribution < -0.4 is 5.56 Å². The predicted molar refractivity (Wildman–Crippen MR) is 121 cm³/mol. The standard InChI is InChI=1S/C22H17ClN2O2S2/c23-16-9-7-15(8-10-16)20(26)14-29-22-24-19-6-2-1-5-18(19)21(27)25(22)12-11-17-4-3-13-28-17/h1-10,13H,11-12,14H2. The molecule has 4 aromatic rings. The molecule has 0 unspecified atom stereocenters. The number of rotatable bonds is 7. The van der Waals surface area contributed by atoms with Gasteiger partial charge in [0.2, 0.25) is 0 Å². The smallest absolute Gasteiger partial charge is 0.262 e. The molecule has 0 bridgehead atoms. The summed E-state index contributed by atoms with van der Waals surface area (Å²) in [4.78, 5) is 31.5. The molecule has 0 amide bonds. The van der Waals surface area contributed by atoms with Gasteiger partial charge >= 0.3 is 0 Å². The summed E-state index contributed by atoms with van der Waals surface area (Å²) in [5.74, 6) is 0.171. The zero-order chi connectivity index (χ0) is 20.2. The fourth-order valence-electron chi connectivity index (χ4n) is 2.98. The van der Waals surface area contributed by atoms with Gasteiger partial charge in [0.1, 0.15) is 0 Å². The van der Waals surface area contributed by atoms with Crippen molar-refractivity contribution in [2.45, 2.75) is 18.1 Å². The van der Waals surface area contributed by atoms with E-state index in [0.717, 1.165) is 6.42 Å². The lowest BCUT2D eigenvalue weighted by atomic mass is 10.1. The number of aromatic nitrogens is 2. The van der Waals surface area contributed by atoms with E-state index < -0.39 is 0 Å². The van der Waals surface area contributed by atoms with E-state index >= 15 is 0 Å². The lowest BCUT2D eigenvalue weighted by Crippen LogP contribution is -2.24. The van der Waals surface area contributed by atoms with Crippen molar-refractivity contribution in [3.8, 4) is 0 Å². The summed E-state index contributed by atoms with van der Waals surface area (Å²) >= 11 is 8.86. The number of hydrogen-bond acceptors (Lipinski definition) is 5. The number of ketones is 1. The van der Waals surface area contributed by atoms with Gasteiger partial charge in [-0.05, 0) is 54.3 Å². The van der Waals surface area contributed by atoms with Crippen molar-refractivity contribution in [1.82, 2.24) is 9.55 Å². The molecular weight excluding hydrogens is 424 g/mol. The van der Waals surface area contributed by atoms with Crippen LogP contribution in [-0.4, -0.2) is 21.1 Å². The number of Topliss-reactive ketones (excluding diaryl/α,β-unsaturated/α-hetero) is 1. The summed E-state index contributed by atoms with van der Waals surface area (Å²) in [6.45, 7) is 0.522. The Morgan fingerprint density at radius 3 is 2.62 bits per heavy atom. The number of thiophene rings is 1. The Morgan fingerprint density at radius 2 is 1.86 bits per heavy atom. The van der Waals surface area contributed by atoms with Crippen LogP contribution >= 0.6 is 34.7 Å². The summed E-state index contributed by atoms with van der Waals surface area (Å²) in [6, 6.07) is 18.2. The summed E-state index contributed by atoms with van der Waals surface area (Å²) < 4.78 is 1.68. The van der Waals surface area contributed by atoms with Crippen molar-refractivity contribution in [3.05, 3.63) is 91.9 Å². The molecule has 2 heterocycles. The summed E-state index contributed by atoms with van der Waals surface area (Å²) in [6.07, 6.45) is 0.746. The third-order valence-corrected chi connectivity index (χ3v) is 6.65. The minimum Gasteiger partial charge on any atom is -0.293 e. The van der Waals surface area contributed by atoms with Crippen LogP contribution in [0.4, 0.5) is 0 Å². The highest BCUT2D eigenvalue weighted by Gasteiger charge is 2.14. The average Bonchev–Trinajstić information content (AvgIpc) is 3.25. The first-order chi connectivity index (χ1) is 14.1. The maximum Gasteiger partial charge on any atom is 0.262 e. The zero-order valence-corrected chi connectivity index (χ0v) is 17.8. The molecule has 146 valence electrons. The first-order valence-electron chi connectivity index (χ1n) is 9.05. The van der Waals surface area contributed by atoms with Gasteiger partial charge in [-0.2, -0.15) is 0 Å². The Labute approximate surface area is 181 Å². The van der Waals surface area contributed by atoms with E-state index in [0.29, 0.717) is 33.2 Å². The second-order valence-corrected chi connectivity index (χ2v) is 8.83. The number of halogens is 1. The van der Waals surface area contributed by atoms with Gasteiger partial charge in [-0.1, -0.05) is 41.6 Å². The number of aryl methyl sites for hydroxylation is 1. The molecule has 2 aromatic heterocycles. The Morgan fingerprint density at radius 1 is 1.07 bits per heavy atom. The van der Waals surface area contributed by atoms with Crippen molar-refractivity contribution >= 4 is 51.4 Å². The number of thioether (sulfide) groups is 1. The minimum atomic E-state index is -0.0754. The Bertz CT molecular complexity index is 1200. The van der Waals surface area contributed by atoms with Crippen LogP contribution in [0.15, 0.2) is 76.0 Å². The highest BCUT2D eigenvalue weighted by molar-refractivity contribution is 7.99. The predicted octanol–water partition coefficient (Wildman–Crippen LogP) is 5.33. The maximum absolute atomic E-state index is 13.1. The third kappa shape index (κ3) is 4.61. The summed E-state index contributed by atoms with van der Waals surface area (Å²) in [7, 11) is 0. The fraction of sp³-hybridized carbons (Fsp3) is 0.136. The third-order valence-electron chi connectivity index (χ3n) is 4.49. The second kappa shape index (κ2) is 8.95. The summed E-state index contributed by atoms with van der Waals surface area (Å²) in [5.41, 5.74) is 1.16. The Hall–Kier alpha value is -2.41. The van der Waals surface area contributed by atoms with Crippen molar-refractivity contribution in [3.63, 3.8) is 0 Å². The molecule has 0 saturated heterocycles. The van der Waals surface area contributed by atoms with E-state index in [1.54, 1.807) is 46.2 Å². The van der Waals surface area contributed by atoms with Gasteiger partial charge < -0.3 is 0 Å². The van der Waals surface area contributed by atoms with Gasteiger partial charge in [0.25, 0.3) is 5.56 Å². The van der Waals surface area contributed by atoms with Gasteiger partial charge in [0.15, 0.2) is 10.9 Å². The highest BCUT2D eigenvalue weighted by atomic mass is 35.5. The summed E-state index contributed by atoms with van der Waals surface area (Å²) in [5, 5.41) is 3.77.